The van der Waals surface area contributed by atoms with Crippen LogP contribution in [0.5, 0.6) is 0 Å². The van der Waals surface area contributed by atoms with E-state index in [-0.39, 0.29) is 23.5 Å². The number of aliphatic carboxylic acids is 1. The summed E-state index contributed by atoms with van der Waals surface area (Å²) in [6, 6.07) is -0.724. The lowest BCUT2D eigenvalue weighted by Crippen LogP contribution is -2.48. The molecule has 0 radical (unpaired) electrons. The number of amides is 3. The molecule has 0 spiro atoms. The van der Waals surface area contributed by atoms with Crippen molar-refractivity contribution in [2.45, 2.75) is 11.8 Å². The minimum atomic E-state index is -1.16. The van der Waals surface area contributed by atoms with Gasteiger partial charge in [-0.25, -0.2) is 9.59 Å². The molecule has 1 fully saturated rings. The molecule has 0 aromatic rings. The molecule has 86 valence electrons. The van der Waals surface area contributed by atoms with Crippen molar-refractivity contribution in [3.8, 4) is 0 Å². The third kappa shape index (κ3) is 1.60. The number of carboxylic acid groups (broad SMARTS) is 1. The summed E-state index contributed by atoms with van der Waals surface area (Å²) in [4.78, 5) is 34.4. The number of fused-ring (bicyclic) bond motifs is 1. The van der Waals surface area contributed by atoms with Crippen molar-refractivity contribution < 1.29 is 19.5 Å². The highest BCUT2D eigenvalue weighted by molar-refractivity contribution is 8.04. The van der Waals surface area contributed by atoms with E-state index < -0.39 is 12.0 Å². The lowest BCUT2D eigenvalue weighted by molar-refractivity contribution is -0.145. The molecule has 2 rings (SSSR count). The number of nitrogens with zero attached hydrogens (tertiary/aromatic N) is 1. The van der Waals surface area contributed by atoms with Crippen LogP contribution in [-0.4, -0.2) is 39.8 Å². The van der Waals surface area contributed by atoms with Crippen molar-refractivity contribution in [3.63, 3.8) is 0 Å². The molecule has 1 saturated heterocycles. The fraction of sp³-hybridized carbons (Fsp3) is 0.375. The molecule has 2 aliphatic rings. The summed E-state index contributed by atoms with van der Waals surface area (Å²) in [6.07, 6.45) is 0.335. The molecule has 7 nitrogen and oxygen atoms in total. The largest absolute Gasteiger partial charge is 0.477 e. The first-order valence-corrected chi connectivity index (χ1v) is 5.37. The van der Waals surface area contributed by atoms with Gasteiger partial charge in [0.25, 0.3) is 0 Å². The molecule has 0 saturated carbocycles. The van der Waals surface area contributed by atoms with Gasteiger partial charge in [-0.05, 0) is 0 Å². The molecule has 0 unspecified atom stereocenters. The van der Waals surface area contributed by atoms with Gasteiger partial charge in [-0.2, -0.15) is 0 Å². The van der Waals surface area contributed by atoms with Crippen molar-refractivity contribution >= 4 is 29.7 Å². The molecule has 0 bridgehead atoms. The van der Waals surface area contributed by atoms with Crippen molar-refractivity contribution in [2.24, 2.45) is 5.73 Å². The summed E-state index contributed by atoms with van der Waals surface area (Å²) in [6.45, 7) is 0.0436. The Morgan fingerprint density at radius 3 is 2.81 bits per heavy atom. The normalized spacial score (nSPS) is 22.9. The quantitative estimate of drug-likeness (QED) is 0.565. The zero-order chi connectivity index (χ0) is 11.9. The highest BCUT2D eigenvalue weighted by Crippen LogP contribution is 2.45. The van der Waals surface area contributed by atoms with Gasteiger partial charge in [0, 0.05) is 4.91 Å². The van der Waals surface area contributed by atoms with Crippen LogP contribution in [0.25, 0.3) is 0 Å². The number of carbonyl (C=O) groups excluding carboxylic acids is 2. The second-order valence-electron chi connectivity index (χ2n) is 3.34. The van der Waals surface area contributed by atoms with Gasteiger partial charge in [0.2, 0.25) is 5.91 Å². The summed E-state index contributed by atoms with van der Waals surface area (Å²) >= 11 is 1.28. The Kier molecular flexibility index (Phi) is 2.50. The van der Waals surface area contributed by atoms with Crippen LogP contribution in [0, 0.1) is 0 Å². The zero-order valence-corrected chi connectivity index (χ0v) is 8.91. The van der Waals surface area contributed by atoms with E-state index in [1.165, 1.54) is 16.7 Å². The van der Waals surface area contributed by atoms with Crippen LogP contribution < -0.4 is 11.1 Å². The monoisotopic (exact) mass is 243 g/mol. The third-order valence-electron chi connectivity index (χ3n) is 2.31. The number of nitrogens with two attached hydrogens (primary N) is 1. The number of hydrogen-bond acceptors (Lipinski definition) is 4. The number of hydrogen-bond donors (Lipinski definition) is 3. The maximum atomic E-state index is 11.2. The molecule has 2 aliphatic heterocycles. The number of carboxylic acids is 1. The Balaban J connectivity index is 2.18. The van der Waals surface area contributed by atoms with E-state index in [1.54, 1.807) is 0 Å². The Bertz CT molecular complexity index is 420. The van der Waals surface area contributed by atoms with Gasteiger partial charge in [0.1, 0.15) is 5.70 Å². The highest BCUT2D eigenvalue weighted by Gasteiger charge is 2.48. The molecular formula is C8H9N3O4S. The first kappa shape index (κ1) is 10.8. The van der Waals surface area contributed by atoms with Gasteiger partial charge < -0.3 is 16.2 Å². The Morgan fingerprint density at radius 2 is 2.31 bits per heavy atom. The van der Waals surface area contributed by atoms with Crippen LogP contribution >= 0.6 is 11.8 Å². The molecule has 0 aliphatic carbocycles. The molecule has 8 heteroatoms. The number of β-lactam (4-membered cyclic amide) rings is 1. The third-order valence-corrected chi connectivity index (χ3v) is 3.59. The number of urea groups is 1. The van der Waals surface area contributed by atoms with Crippen molar-refractivity contribution in [1.82, 2.24) is 10.2 Å². The lowest BCUT2D eigenvalue weighted by Gasteiger charge is -2.33. The second-order valence-corrected chi connectivity index (χ2v) is 4.61. The van der Waals surface area contributed by atoms with Crippen molar-refractivity contribution in [3.05, 3.63) is 10.6 Å². The maximum absolute atomic E-state index is 11.2. The van der Waals surface area contributed by atoms with Crippen LogP contribution in [0.1, 0.15) is 6.42 Å². The van der Waals surface area contributed by atoms with Crippen LogP contribution in [0.2, 0.25) is 0 Å². The SMILES string of the molecule is NC(=O)NCC1=C(C(=O)O)N2C(=O)C[C@H]2S1. The summed E-state index contributed by atoms with van der Waals surface area (Å²) in [5.74, 6) is -1.37. The van der Waals surface area contributed by atoms with E-state index in [4.69, 9.17) is 10.8 Å². The van der Waals surface area contributed by atoms with Gasteiger partial charge in [-0.3, -0.25) is 9.69 Å². The van der Waals surface area contributed by atoms with E-state index in [2.05, 4.69) is 5.32 Å². The summed E-state index contributed by atoms with van der Waals surface area (Å²) in [7, 11) is 0. The molecule has 3 amide bonds. The van der Waals surface area contributed by atoms with Crippen LogP contribution in [0.4, 0.5) is 4.79 Å². The maximum Gasteiger partial charge on any atom is 0.353 e. The van der Waals surface area contributed by atoms with Gasteiger partial charge in [0.05, 0.1) is 18.3 Å². The Hall–Kier alpha value is -1.70. The molecule has 2 heterocycles. The summed E-state index contributed by atoms with van der Waals surface area (Å²) in [5, 5.41) is 11.2. The van der Waals surface area contributed by atoms with Gasteiger partial charge in [-0.15, -0.1) is 11.8 Å². The number of rotatable bonds is 3. The lowest BCUT2D eigenvalue weighted by atomic mass is 10.1. The highest BCUT2D eigenvalue weighted by atomic mass is 32.2. The van der Waals surface area contributed by atoms with Crippen molar-refractivity contribution in [2.75, 3.05) is 6.54 Å². The molecule has 16 heavy (non-hydrogen) atoms. The predicted octanol–water partition coefficient (Wildman–Crippen LogP) is -0.744. The topological polar surface area (TPSA) is 113 Å². The fourth-order valence-corrected chi connectivity index (χ4v) is 2.96. The smallest absolute Gasteiger partial charge is 0.353 e. The predicted molar refractivity (Wildman–Crippen MR) is 55.1 cm³/mol. The van der Waals surface area contributed by atoms with Crippen LogP contribution in [0.15, 0.2) is 10.6 Å². The number of nitrogens with one attached hydrogen (secondary N) is 1. The molecule has 0 aromatic carbocycles. The standard InChI is InChI=1S/C8H9N3O4S/c9-8(15)10-2-3-6(7(13)14)11-4(12)1-5(11)16-3/h5H,1-2H2,(H,13,14)(H3,9,10,15)/t5-/m1/s1. The summed E-state index contributed by atoms with van der Waals surface area (Å²) < 4.78 is 0. The number of thioether (sulfide) groups is 1. The Labute approximate surface area is 94.6 Å². The van der Waals surface area contributed by atoms with Crippen LogP contribution in [0.3, 0.4) is 0 Å². The average Bonchev–Trinajstić information content (AvgIpc) is 2.47. The first-order valence-electron chi connectivity index (χ1n) is 4.49. The minimum absolute atomic E-state index is 0.0417. The first-order chi connectivity index (χ1) is 7.50. The molecule has 1 atom stereocenters. The molecule has 4 N–H and O–H groups in total. The van der Waals surface area contributed by atoms with E-state index >= 15 is 0 Å². The Morgan fingerprint density at radius 1 is 1.62 bits per heavy atom. The van der Waals surface area contributed by atoms with Gasteiger partial charge in [0.15, 0.2) is 0 Å². The number of primary amides is 1. The number of carbonyl (C=O) groups is 3. The van der Waals surface area contributed by atoms with E-state index in [9.17, 15) is 14.4 Å². The van der Waals surface area contributed by atoms with E-state index in [0.717, 1.165) is 0 Å². The van der Waals surface area contributed by atoms with E-state index in [0.29, 0.717) is 11.3 Å². The zero-order valence-electron chi connectivity index (χ0n) is 8.10. The molecular weight excluding hydrogens is 234 g/mol. The minimum Gasteiger partial charge on any atom is -0.477 e. The van der Waals surface area contributed by atoms with Crippen molar-refractivity contribution in [1.29, 1.82) is 0 Å². The second kappa shape index (κ2) is 3.71. The van der Waals surface area contributed by atoms with Gasteiger partial charge >= 0.3 is 12.0 Å². The fourth-order valence-electron chi connectivity index (χ4n) is 1.62. The van der Waals surface area contributed by atoms with Gasteiger partial charge in [-0.1, -0.05) is 0 Å². The van der Waals surface area contributed by atoms with Crippen LogP contribution in [-0.2, 0) is 9.59 Å². The van der Waals surface area contributed by atoms with E-state index in [1.807, 2.05) is 0 Å². The molecule has 0 aromatic heterocycles. The average molecular weight is 243 g/mol. The summed E-state index contributed by atoms with van der Waals surface area (Å²) in [5.41, 5.74) is 4.85.